The molecule has 136 valence electrons. The van der Waals surface area contributed by atoms with Crippen LogP contribution >= 0.6 is 0 Å². The number of nitrogens with one attached hydrogen (secondary N) is 1. The van der Waals surface area contributed by atoms with Crippen molar-refractivity contribution in [1.82, 2.24) is 10.2 Å². The van der Waals surface area contributed by atoms with Crippen molar-refractivity contribution in [3.63, 3.8) is 0 Å². The standard InChI is InChI=1S/C20H28N2O3/c1-16(23)21-18-7-11-22(12-8-18)19(24)20(9-13-25-14-10-20)15-17-5-3-2-4-6-17/h2-6,18H,7-15H2,1H3,(H,21,23). The lowest BCUT2D eigenvalue weighted by molar-refractivity contribution is -0.149. The number of amides is 2. The summed E-state index contributed by atoms with van der Waals surface area (Å²) in [7, 11) is 0. The van der Waals surface area contributed by atoms with Crippen LogP contribution in [0.4, 0.5) is 0 Å². The second kappa shape index (κ2) is 8.00. The van der Waals surface area contributed by atoms with Gasteiger partial charge < -0.3 is 15.0 Å². The van der Waals surface area contributed by atoms with E-state index in [9.17, 15) is 9.59 Å². The number of likely N-dealkylation sites (tertiary alicyclic amines) is 1. The fourth-order valence-electron chi connectivity index (χ4n) is 4.06. The van der Waals surface area contributed by atoms with Crippen LogP contribution in [0.3, 0.4) is 0 Å². The number of benzene rings is 1. The average molecular weight is 344 g/mol. The second-order valence-corrected chi connectivity index (χ2v) is 7.32. The maximum atomic E-state index is 13.4. The Balaban J connectivity index is 1.69. The topological polar surface area (TPSA) is 58.6 Å². The lowest BCUT2D eigenvalue weighted by atomic mass is 9.73. The van der Waals surface area contributed by atoms with Gasteiger partial charge in [0.15, 0.2) is 0 Å². The Morgan fingerprint density at radius 3 is 2.40 bits per heavy atom. The van der Waals surface area contributed by atoms with Crippen LogP contribution in [0.1, 0.15) is 38.2 Å². The van der Waals surface area contributed by atoms with E-state index in [0.29, 0.717) is 13.2 Å². The van der Waals surface area contributed by atoms with Crippen LogP contribution in [0.25, 0.3) is 0 Å². The van der Waals surface area contributed by atoms with E-state index in [-0.39, 0.29) is 23.3 Å². The second-order valence-electron chi connectivity index (χ2n) is 7.32. The smallest absolute Gasteiger partial charge is 0.229 e. The minimum Gasteiger partial charge on any atom is -0.381 e. The molecular formula is C20H28N2O3. The average Bonchev–Trinajstić information content (AvgIpc) is 2.63. The highest BCUT2D eigenvalue weighted by atomic mass is 16.5. The van der Waals surface area contributed by atoms with Gasteiger partial charge in [-0.2, -0.15) is 0 Å². The number of hydrogen-bond acceptors (Lipinski definition) is 3. The van der Waals surface area contributed by atoms with Crippen LogP contribution in [0, 0.1) is 5.41 Å². The summed E-state index contributed by atoms with van der Waals surface area (Å²) >= 11 is 0. The molecule has 0 unspecified atom stereocenters. The molecule has 2 aliphatic heterocycles. The maximum absolute atomic E-state index is 13.4. The predicted molar refractivity (Wildman–Crippen MR) is 96.1 cm³/mol. The molecule has 1 aromatic rings. The molecule has 0 spiro atoms. The molecule has 1 aromatic carbocycles. The van der Waals surface area contributed by atoms with Crippen LogP contribution in [0.15, 0.2) is 30.3 Å². The fourth-order valence-corrected chi connectivity index (χ4v) is 4.06. The summed E-state index contributed by atoms with van der Waals surface area (Å²) in [4.78, 5) is 26.6. The Morgan fingerprint density at radius 1 is 1.16 bits per heavy atom. The molecule has 0 bridgehead atoms. The number of ether oxygens (including phenoxy) is 1. The molecule has 1 N–H and O–H groups in total. The van der Waals surface area contributed by atoms with Crippen molar-refractivity contribution in [2.24, 2.45) is 5.41 Å². The Bertz CT molecular complexity index is 588. The monoisotopic (exact) mass is 344 g/mol. The zero-order valence-electron chi connectivity index (χ0n) is 15.0. The van der Waals surface area contributed by atoms with Crippen molar-refractivity contribution >= 4 is 11.8 Å². The lowest BCUT2D eigenvalue weighted by Crippen LogP contribution is -2.53. The van der Waals surface area contributed by atoms with Crippen molar-refractivity contribution in [1.29, 1.82) is 0 Å². The van der Waals surface area contributed by atoms with Gasteiger partial charge >= 0.3 is 0 Å². The zero-order chi connectivity index (χ0) is 17.7. The van der Waals surface area contributed by atoms with E-state index >= 15 is 0 Å². The minimum absolute atomic E-state index is 0.00903. The Hall–Kier alpha value is -1.88. The molecule has 25 heavy (non-hydrogen) atoms. The van der Waals surface area contributed by atoms with Crippen molar-refractivity contribution in [2.75, 3.05) is 26.3 Å². The van der Waals surface area contributed by atoms with E-state index in [0.717, 1.165) is 45.2 Å². The first-order valence-corrected chi connectivity index (χ1v) is 9.27. The Kier molecular flexibility index (Phi) is 5.74. The van der Waals surface area contributed by atoms with Crippen molar-refractivity contribution < 1.29 is 14.3 Å². The van der Waals surface area contributed by atoms with E-state index in [4.69, 9.17) is 4.74 Å². The third-order valence-electron chi connectivity index (χ3n) is 5.48. The molecule has 2 heterocycles. The highest BCUT2D eigenvalue weighted by Crippen LogP contribution is 2.37. The summed E-state index contributed by atoms with van der Waals surface area (Å²) in [6, 6.07) is 10.5. The molecule has 2 saturated heterocycles. The van der Waals surface area contributed by atoms with Gasteiger partial charge in [-0.1, -0.05) is 30.3 Å². The summed E-state index contributed by atoms with van der Waals surface area (Å²) in [6.45, 7) is 4.30. The van der Waals surface area contributed by atoms with Crippen molar-refractivity contribution in [2.45, 2.75) is 45.1 Å². The molecule has 2 amide bonds. The number of carbonyl (C=O) groups excluding carboxylic acids is 2. The lowest BCUT2D eigenvalue weighted by Gasteiger charge is -2.42. The van der Waals surface area contributed by atoms with Crippen LogP contribution < -0.4 is 5.32 Å². The van der Waals surface area contributed by atoms with E-state index < -0.39 is 0 Å². The third-order valence-corrected chi connectivity index (χ3v) is 5.48. The quantitative estimate of drug-likeness (QED) is 0.910. The number of hydrogen-bond donors (Lipinski definition) is 1. The van der Waals surface area contributed by atoms with Crippen LogP contribution in [-0.2, 0) is 20.7 Å². The summed E-state index contributed by atoms with van der Waals surface area (Å²) in [6.07, 6.45) is 4.02. The van der Waals surface area contributed by atoms with Crippen LogP contribution in [0.5, 0.6) is 0 Å². The largest absolute Gasteiger partial charge is 0.381 e. The molecule has 5 heteroatoms. The van der Waals surface area contributed by atoms with Gasteiger partial charge in [-0.15, -0.1) is 0 Å². The molecular weight excluding hydrogens is 316 g/mol. The summed E-state index contributed by atoms with van der Waals surface area (Å²) in [5.41, 5.74) is 0.867. The van der Waals surface area contributed by atoms with Gasteiger partial charge in [-0.25, -0.2) is 0 Å². The van der Waals surface area contributed by atoms with E-state index in [1.807, 2.05) is 23.1 Å². The van der Waals surface area contributed by atoms with Gasteiger partial charge in [0.05, 0.1) is 5.41 Å². The minimum atomic E-state index is -0.347. The molecule has 5 nitrogen and oxygen atoms in total. The number of nitrogens with zero attached hydrogens (tertiary/aromatic N) is 1. The first kappa shape index (κ1) is 17.9. The van der Waals surface area contributed by atoms with E-state index in [1.54, 1.807) is 6.92 Å². The molecule has 0 aliphatic carbocycles. The number of piperidine rings is 1. The SMILES string of the molecule is CC(=O)NC1CCN(C(=O)C2(Cc3ccccc3)CCOCC2)CC1. The van der Waals surface area contributed by atoms with Crippen molar-refractivity contribution in [3.05, 3.63) is 35.9 Å². The zero-order valence-corrected chi connectivity index (χ0v) is 15.0. The van der Waals surface area contributed by atoms with Gasteiger partial charge in [-0.05, 0) is 37.7 Å². The summed E-state index contributed by atoms with van der Waals surface area (Å²) in [5.74, 6) is 0.274. The normalized spacial score (nSPS) is 20.9. The van der Waals surface area contributed by atoms with E-state index in [1.165, 1.54) is 5.56 Å². The van der Waals surface area contributed by atoms with Gasteiger partial charge in [0.25, 0.3) is 0 Å². The Labute approximate surface area is 149 Å². The molecule has 2 fully saturated rings. The Morgan fingerprint density at radius 2 is 1.80 bits per heavy atom. The van der Waals surface area contributed by atoms with Gasteiger partial charge in [0.1, 0.15) is 0 Å². The fraction of sp³-hybridized carbons (Fsp3) is 0.600. The van der Waals surface area contributed by atoms with Gasteiger partial charge in [-0.3, -0.25) is 9.59 Å². The molecule has 0 aromatic heterocycles. The number of carbonyl (C=O) groups is 2. The van der Waals surface area contributed by atoms with Crippen LogP contribution in [-0.4, -0.2) is 49.1 Å². The summed E-state index contributed by atoms with van der Waals surface area (Å²) < 4.78 is 5.54. The van der Waals surface area contributed by atoms with E-state index in [2.05, 4.69) is 17.4 Å². The first-order chi connectivity index (χ1) is 12.1. The highest BCUT2D eigenvalue weighted by molar-refractivity contribution is 5.83. The maximum Gasteiger partial charge on any atom is 0.229 e. The molecule has 0 atom stereocenters. The third kappa shape index (κ3) is 4.40. The number of rotatable bonds is 4. The van der Waals surface area contributed by atoms with Gasteiger partial charge in [0.2, 0.25) is 11.8 Å². The first-order valence-electron chi connectivity index (χ1n) is 9.27. The molecule has 2 aliphatic rings. The predicted octanol–water partition coefficient (Wildman–Crippen LogP) is 2.15. The highest BCUT2D eigenvalue weighted by Gasteiger charge is 2.43. The molecule has 0 saturated carbocycles. The van der Waals surface area contributed by atoms with Crippen molar-refractivity contribution in [3.8, 4) is 0 Å². The van der Waals surface area contributed by atoms with Crippen LogP contribution in [0.2, 0.25) is 0 Å². The molecule has 3 rings (SSSR count). The summed E-state index contributed by atoms with van der Waals surface area (Å²) in [5, 5.41) is 2.97. The van der Waals surface area contributed by atoms with Gasteiger partial charge in [0, 0.05) is 39.3 Å². The molecule has 0 radical (unpaired) electrons.